The minimum atomic E-state index is 0.208. The van der Waals surface area contributed by atoms with Crippen LogP contribution in [0.25, 0.3) is 0 Å². The van der Waals surface area contributed by atoms with E-state index in [2.05, 4.69) is 51.0 Å². The Labute approximate surface area is 150 Å². The Morgan fingerprint density at radius 3 is 2.61 bits per heavy atom. The summed E-state index contributed by atoms with van der Waals surface area (Å²) in [6, 6.07) is 16.4. The van der Waals surface area contributed by atoms with Crippen molar-refractivity contribution in [2.24, 2.45) is 0 Å². The summed E-state index contributed by atoms with van der Waals surface area (Å²) in [5.41, 5.74) is 2.90. The molecule has 0 amide bonds. The van der Waals surface area contributed by atoms with E-state index in [1.54, 1.807) is 0 Å². The van der Waals surface area contributed by atoms with Crippen molar-refractivity contribution in [1.82, 2.24) is 4.90 Å². The molecule has 0 bridgehead atoms. The van der Waals surface area contributed by atoms with Crippen LogP contribution < -0.4 is 4.90 Å². The molecule has 0 aromatic heterocycles. The van der Waals surface area contributed by atoms with Crippen LogP contribution >= 0.6 is 27.5 Å². The second-order valence-electron chi connectivity index (χ2n) is 5.80. The first-order chi connectivity index (χ1) is 11.1. The van der Waals surface area contributed by atoms with Gasteiger partial charge in [0.15, 0.2) is 0 Å². The van der Waals surface area contributed by atoms with Crippen LogP contribution in [0.3, 0.4) is 0 Å². The predicted octanol–water partition coefficient (Wildman–Crippen LogP) is 4.47. The van der Waals surface area contributed by atoms with Crippen LogP contribution in [0.4, 0.5) is 5.69 Å². The predicted molar refractivity (Wildman–Crippen MR) is 97.9 cm³/mol. The largest absolute Gasteiger partial charge is 0.361 e. The van der Waals surface area contributed by atoms with Crippen LogP contribution in [-0.4, -0.2) is 31.6 Å². The molecule has 0 spiro atoms. The molecule has 1 saturated heterocycles. The van der Waals surface area contributed by atoms with E-state index >= 15 is 0 Å². The fourth-order valence-electron chi connectivity index (χ4n) is 3.03. The van der Waals surface area contributed by atoms with Gasteiger partial charge in [-0.05, 0) is 42.9 Å². The van der Waals surface area contributed by atoms with E-state index in [-0.39, 0.29) is 6.04 Å². The van der Waals surface area contributed by atoms with Crippen molar-refractivity contribution >= 4 is 33.2 Å². The van der Waals surface area contributed by atoms with Gasteiger partial charge in [-0.2, -0.15) is 5.26 Å². The van der Waals surface area contributed by atoms with Gasteiger partial charge >= 0.3 is 0 Å². The number of hydrogen-bond donors (Lipinski definition) is 0. The first-order valence-corrected chi connectivity index (χ1v) is 8.66. The number of nitriles is 1. The van der Waals surface area contributed by atoms with Gasteiger partial charge in [0.1, 0.15) is 6.07 Å². The van der Waals surface area contributed by atoms with Crippen LogP contribution in [0, 0.1) is 11.3 Å². The Morgan fingerprint density at radius 1 is 1.17 bits per heavy atom. The van der Waals surface area contributed by atoms with E-state index in [0.717, 1.165) is 34.8 Å². The lowest BCUT2D eigenvalue weighted by Crippen LogP contribution is -2.47. The fraction of sp³-hybridized carbons (Fsp3) is 0.278. The Morgan fingerprint density at radius 2 is 1.91 bits per heavy atom. The molecule has 118 valence electrons. The molecule has 0 aliphatic carbocycles. The monoisotopic (exact) mass is 389 g/mol. The molecule has 23 heavy (non-hydrogen) atoms. The zero-order chi connectivity index (χ0) is 16.4. The van der Waals surface area contributed by atoms with Gasteiger partial charge in [-0.1, -0.05) is 39.7 Å². The third-order valence-corrected chi connectivity index (χ3v) is 4.97. The maximum atomic E-state index is 9.49. The normalized spacial score (nSPS) is 18.7. The summed E-state index contributed by atoms with van der Waals surface area (Å²) in [7, 11) is 2.13. The van der Waals surface area contributed by atoms with Crippen molar-refractivity contribution in [3.05, 3.63) is 63.1 Å². The highest BCUT2D eigenvalue weighted by Crippen LogP contribution is 2.34. The molecule has 2 aromatic rings. The lowest BCUT2D eigenvalue weighted by molar-refractivity contribution is 0.269. The van der Waals surface area contributed by atoms with Gasteiger partial charge in [-0.3, -0.25) is 0 Å². The molecule has 3 nitrogen and oxygen atoms in total. The van der Waals surface area contributed by atoms with Crippen LogP contribution in [0.2, 0.25) is 5.02 Å². The SMILES string of the molecule is CN1CCN(c2ccc(Br)cc2C#N)[C@H](c2ccc(Cl)cc2)C1. The third kappa shape index (κ3) is 3.53. The van der Waals surface area contributed by atoms with Crippen LogP contribution in [0.1, 0.15) is 17.2 Å². The number of anilines is 1. The standard InChI is InChI=1S/C18H17BrClN3/c1-22-8-9-23(17-7-4-15(19)10-14(17)11-21)18(12-22)13-2-5-16(20)6-3-13/h2-7,10,18H,8-9,12H2,1H3/t18-/m0/s1. The average Bonchev–Trinajstić information content (AvgIpc) is 2.56. The number of likely N-dealkylation sites (N-methyl/N-ethyl adjacent to an activating group) is 1. The number of nitrogens with zero attached hydrogens (tertiary/aromatic N) is 3. The lowest BCUT2D eigenvalue weighted by atomic mass is 10.0. The molecule has 1 fully saturated rings. The second kappa shape index (κ2) is 6.92. The van der Waals surface area contributed by atoms with Gasteiger partial charge in [0.05, 0.1) is 17.3 Å². The van der Waals surface area contributed by atoms with Crippen molar-refractivity contribution in [2.75, 3.05) is 31.6 Å². The van der Waals surface area contributed by atoms with Crippen LogP contribution in [0.5, 0.6) is 0 Å². The van der Waals surface area contributed by atoms with Crippen molar-refractivity contribution in [3.8, 4) is 6.07 Å². The molecular formula is C18H17BrClN3. The van der Waals surface area contributed by atoms with Gasteiger partial charge in [-0.15, -0.1) is 0 Å². The molecule has 0 N–H and O–H groups in total. The Bertz CT molecular complexity index is 739. The highest BCUT2D eigenvalue weighted by Gasteiger charge is 2.28. The maximum Gasteiger partial charge on any atom is 0.101 e. The molecular weight excluding hydrogens is 374 g/mol. The third-order valence-electron chi connectivity index (χ3n) is 4.23. The molecule has 1 aliphatic rings. The summed E-state index contributed by atoms with van der Waals surface area (Å²) in [4.78, 5) is 4.65. The first-order valence-electron chi connectivity index (χ1n) is 7.49. The summed E-state index contributed by atoms with van der Waals surface area (Å²) < 4.78 is 0.926. The van der Waals surface area contributed by atoms with Crippen molar-refractivity contribution in [3.63, 3.8) is 0 Å². The van der Waals surface area contributed by atoms with Crippen LogP contribution in [0.15, 0.2) is 46.9 Å². The number of halogens is 2. The summed E-state index contributed by atoms with van der Waals surface area (Å²) in [6.07, 6.45) is 0. The second-order valence-corrected chi connectivity index (χ2v) is 7.15. The van der Waals surface area contributed by atoms with E-state index in [4.69, 9.17) is 11.6 Å². The molecule has 1 atom stereocenters. The number of benzene rings is 2. The summed E-state index contributed by atoms with van der Waals surface area (Å²) in [5, 5.41) is 10.2. The quantitative estimate of drug-likeness (QED) is 0.758. The Kier molecular flexibility index (Phi) is 4.91. The van der Waals surface area contributed by atoms with Crippen LogP contribution in [-0.2, 0) is 0 Å². The molecule has 0 unspecified atom stereocenters. The van der Waals surface area contributed by atoms with E-state index in [1.807, 2.05) is 30.3 Å². The van der Waals surface area contributed by atoms with E-state index in [0.29, 0.717) is 5.56 Å². The van der Waals surface area contributed by atoms with Crippen molar-refractivity contribution in [1.29, 1.82) is 5.26 Å². The lowest BCUT2D eigenvalue weighted by Gasteiger charge is -2.42. The van der Waals surface area contributed by atoms with E-state index < -0.39 is 0 Å². The fourth-order valence-corrected chi connectivity index (χ4v) is 3.51. The summed E-state index contributed by atoms with van der Waals surface area (Å²) in [6.45, 7) is 2.79. The number of rotatable bonds is 2. The van der Waals surface area contributed by atoms with Gasteiger partial charge < -0.3 is 9.80 Å². The van der Waals surface area contributed by atoms with E-state index in [9.17, 15) is 5.26 Å². The molecule has 5 heteroatoms. The molecule has 1 heterocycles. The zero-order valence-electron chi connectivity index (χ0n) is 12.8. The minimum absolute atomic E-state index is 0.208. The van der Waals surface area contributed by atoms with Gasteiger partial charge in [0, 0.05) is 29.1 Å². The summed E-state index contributed by atoms with van der Waals surface area (Å²) >= 11 is 9.47. The number of piperazine rings is 1. The van der Waals surface area contributed by atoms with Gasteiger partial charge in [0.25, 0.3) is 0 Å². The van der Waals surface area contributed by atoms with Crippen molar-refractivity contribution in [2.45, 2.75) is 6.04 Å². The smallest absolute Gasteiger partial charge is 0.101 e. The van der Waals surface area contributed by atoms with Gasteiger partial charge in [-0.25, -0.2) is 0 Å². The Balaban J connectivity index is 2.02. The molecule has 1 aliphatic heterocycles. The Hall–Kier alpha value is -1.54. The molecule has 0 saturated carbocycles. The minimum Gasteiger partial charge on any atom is -0.361 e. The topological polar surface area (TPSA) is 30.3 Å². The maximum absolute atomic E-state index is 9.49. The van der Waals surface area contributed by atoms with E-state index in [1.165, 1.54) is 5.56 Å². The average molecular weight is 391 g/mol. The first kappa shape index (κ1) is 16.3. The van der Waals surface area contributed by atoms with Gasteiger partial charge in [0.2, 0.25) is 0 Å². The molecule has 3 rings (SSSR count). The molecule has 2 aromatic carbocycles. The van der Waals surface area contributed by atoms with Crippen molar-refractivity contribution < 1.29 is 0 Å². The molecule has 0 radical (unpaired) electrons. The summed E-state index contributed by atoms with van der Waals surface area (Å²) in [5.74, 6) is 0. The number of hydrogen-bond acceptors (Lipinski definition) is 3. The highest BCUT2D eigenvalue weighted by atomic mass is 79.9. The zero-order valence-corrected chi connectivity index (χ0v) is 15.2. The highest BCUT2D eigenvalue weighted by molar-refractivity contribution is 9.10.